The van der Waals surface area contributed by atoms with Crippen LogP contribution in [0.3, 0.4) is 0 Å². The second-order valence-electron chi connectivity index (χ2n) is 5.44. The number of carbonyl (C=O) groups is 1. The van der Waals surface area contributed by atoms with E-state index in [9.17, 15) is 9.18 Å². The van der Waals surface area contributed by atoms with Crippen LogP contribution < -0.4 is 19.7 Å². The van der Waals surface area contributed by atoms with E-state index in [1.54, 1.807) is 17.0 Å². The summed E-state index contributed by atoms with van der Waals surface area (Å²) >= 11 is 1.16. The average Bonchev–Trinajstić information content (AvgIpc) is 3.08. The van der Waals surface area contributed by atoms with E-state index in [1.165, 1.54) is 18.3 Å². The normalized spacial score (nSPS) is 12.9. The van der Waals surface area contributed by atoms with E-state index in [1.807, 2.05) is 24.3 Å². The Bertz CT molecular complexity index is 947. The van der Waals surface area contributed by atoms with Gasteiger partial charge in [-0.05, 0) is 24.3 Å². The van der Waals surface area contributed by atoms with Crippen molar-refractivity contribution in [2.24, 2.45) is 0 Å². The lowest BCUT2D eigenvalue weighted by molar-refractivity contribution is 0.250. The van der Waals surface area contributed by atoms with Gasteiger partial charge in [-0.1, -0.05) is 29.5 Å². The molecule has 132 valence electrons. The second kappa shape index (κ2) is 7.01. The number of anilines is 2. The molecule has 2 amide bonds. The first kappa shape index (κ1) is 16.3. The van der Waals surface area contributed by atoms with Gasteiger partial charge in [0.05, 0.1) is 18.4 Å². The maximum atomic E-state index is 13.2. The van der Waals surface area contributed by atoms with Crippen LogP contribution >= 0.6 is 11.3 Å². The van der Waals surface area contributed by atoms with Gasteiger partial charge in [0.25, 0.3) is 0 Å². The Kier molecular flexibility index (Phi) is 4.40. The molecule has 1 aliphatic heterocycles. The molecule has 4 rings (SSSR count). The minimum Gasteiger partial charge on any atom is -0.490 e. The summed E-state index contributed by atoms with van der Waals surface area (Å²) in [6, 6.07) is 12.9. The number of benzene rings is 2. The van der Waals surface area contributed by atoms with Gasteiger partial charge in [-0.2, -0.15) is 0 Å². The highest BCUT2D eigenvalue weighted by atomic mass is 32.1. The Labute approximate surface area is 152 Å². The number of rotatable bonds is 3. The van der Waals surface area contributed by atoms with Gasteiger partial charge in [0, 0.05) is 6.07 Å². The van der Waals surface area contributed by atoms with Crippen molar-refractivity contribution in [3.8, 4) is 16.6 Å². The second-order valence-corrected chi connectivity index (χ2v) is 6.44. The Morgan fingerprint density at radius 1 is 1.27 bits per heavy atom. The van der Waals surface area contributed by atoms with E-state index in [-0.39, 0.29) is 11.8 Å². The predicted octanol–water partition coefficient (Wildman–Crippen LogP) is 4.51. The van der Waals surface area contributed by atoms with Gasteiger partial charge in [-0.15, -0.1) is 0 Å². The van der Waals surface area contributed by atoms with Gasteiger partial charge in [-0.25, -0.2) is 14.2 Å². The zero-order chi connectivity index (χ0) is 17.9. The number of para-hydroxylation sites is 2. The topological polar surface area (TPSA) is 63.7 Å². The first-order chi connectivity index (χ1) is 12.7. The maximum Gasteiger partial charge on any atom is 0.328 e. The van der Waals surface area contributed by atoms with Crippen LogP contribution in [0.4, 0.5) is 20.0 Å². The SMILES string of the molecule is O=C(Nc1ncc(Oc2cccc(F)c2)s1)N1CCOc2ccccc21. The van der Waals surface area contributed by atoms with Crippen molar-refractivity contribution < 1.29 is 18.7 Å². The Morgan fingerprint density at radius 3 is 3.04 bits per heavy atom. The third-order valence-electron chi connectivity index (χ3n) is 3.69. The zero-order valence-corrected chi connectivity index (χ0v) is 14.3. The lowest BCUT2D eigenvalue weighted by Crippen LogP contribution is -2.40. The molecule has 0 saturated heterocycles. The number of amides is 2. The standard InChI is InChI=1S/C18H14FN3O3S/c19-12-4-3-5-13(10-12)25-16-11-20-17(26-16)21-18(23)22-8-9-24-15-7-2-1-6-14(15)22/h1-7,10-11H,8-9H2,(H,20,21,23). The summed E-state index contributed by atoms with van der Waals surface area (Å²) < 4.78 is 24.3. The number of urea groups is 1. The van der Waals surface area contributed by atoms with Gasteiger partial charge < -0.3 is 9.47 Å². The lowest BCUT2D eigenvalue weighted by Gasteiger charge is -2.29. The third kappa shape index (κ3) is 3.45. The van der Waals surface area contributed by atoms with Crippen LogP contribution in [0.2, 0.25) is 0 Å². The van der Waals surface area contributed by atoms with Gasteiger partial charge >= 0.3 is 6.03 Å². The highest BCUT2D eigenvalue weighted by Crippen LogP contribution is 2.33. The van der Waals surface area contributed by atoms with E-state index in [0.29, 0.717) is 40.5 Å². The van der Waals surface area contributed by atoms with Crippen LogP contribution in [0, 0.1) is 5.82 Å². The summed E-state index contributed by atoms with van der Waals surface area (Å²) in [6.07, 6.45) is 1.48. The average molecular weight is 371 g/mol. The van der Waals surface area contributed by atoms with Gasteiger partial charge in [0.15, 0.2) is 5.13 Å². The Balaban J connectivity index is 1.45. The molecule has 2 heterocycles. The van der Waals surface area contributed by atoms with Crippen molar-refractivity contribution in [2.75, 3.05) is 23.4 Å². The third-order valence-corrected chi connectivity index (χ3v) is 4.48. The van der Waals surface area contributed by atoms with Crippen LogP contribution in [-0.4, -0.2) is 24.2 Å². The fourth-order valence-electron chi connectivity index (χ4n) is 2.55. The minimum absolute atomic E-state index is 0.299. The van der Waals surface area contributed by atoms with Crippen molar-refractivity contribution in [3.63, 3.8) is 0 Å². The van der Waals surface area contributed by atoms with Crippen LogP contribution in [0.25, 0.3) is 0 Å². The number of carbonyl (C=O) groups excluding carboxylic acids is 1. The molecule has 1 aliphatic rings. The number of aromatic nitrogens is 1. The molecule has 0 saturated carbocycles. The summed E-state index contributed by atoms with van der Waals surface area (Å²) in [5.74, 6) is 0.656. The highest BCUT2D eigenvalue weighted by Gasteiger charge is 2.24. The van der Waals surface area contributed by atoms with Gasteiger partial charge in [-0.3, -0.25) is 10.2 Å². The zero-order valence-electron chi connectivity index (χ0n) is 13.5. The molecule has 6 nitrogen and oxygen atoms in total. The summed E-state index contributed by atoms with van der Waals surface area (Å²) in [6.45, 7) is 0.872. The quantitative estimate of drug-likeness (QED) is 0.736. The molecule has 0 unspecified atom stereocenters. The van der Waals surface area contributed by atoms with Crippen molar-refractivity contribution >= 4 is 28.2 Å². The molecule has 0 atom stereocenters. The fourth-order valence-corrected chi connectivity index (χ4v) is 3.23. The maximum absolute atomic E-state index is 13.2. The number of hydrogen-bond donors (Lipinski definition) is 1. The molecule has 8 heteroatoms. The first-order valence-electron chi connectivity index (χ1n) is 7.89. The van der Waals surface area contributed by atoms with Crippen molar-refractivity contribution in [3.05, 3.63) is 60.5 Å². The summed E-state index contributed by atoms with van der Waals surface area (Å²) in [5.41, 5.74) is 0.712. The Morgan fingerprint density at radius 2 is 2.15 bits per heavy atom. The number of halogens is 1. The van der Waals surface area contributed by atoms with Gasteiger partial charge in [0.2, 0.25) is 5.06 Å². The predicted molar refractivity (Wildman–Crippen MR) is 96.9 cm³/mol. The smallest absolute Gasteiger partial charge is 0.328 e. The van der Waals surface area contributed by atoms with Crippen LogP contribution in [0.1, 0.15) is 0 Å². The number of nitrogens with one attached hydrogen (secondary N) is 1. The lowest BCUT2D eigenvalue weighted by atomic mass is 10.2. The van der Waals surface area contributed by atoms with Gasteiger partial charge in [0.1, 0.15) is 23.9 Å². The van der Waals surface area contributed by atoms with E-state index >= 15 is 0 Å². The molecule has 0 aliphatic carbocycles. The monoisotopic (exact) mass is 371 g/mol. The van der Waals surface area contributed by atoms with Crippen molar-refractivity contribution in [2.45, 2.75) is 0 Å². The first-order valence-corrected chi connectivity index (χ1v) is 8.70. The fraction of sp³-hybridized carbons (Fsp3) is 0.111. The molecule has 0 bridgehead atoms. The number of fused-ring (bicyclic) bond motifs is 1. The molecule has 1 N–H and O–H groups in total. The molecule has 2 aromatic carbocycles. The molecule has 1 aromatic heterocycles. The Hall–Kier alpha value is -3.13. The summed E-state index contributed by atoms with van der Waals surface area (Å²) in [4.78, 5) is 18.3. The van der Waals surface area contributed by atoms with E-state index in [0.717, 1.165) is 11.3 Å². The number of nitrogens with zero attached hydrogens (tertiary/aromatic N) is 2. The van der Waals surface area contributed by atoms with E-state index < -0.39 is 0 Å². The molecular weight excluding hydrogens is 357 g/mol. The van der Waals surface area contributed by atoms with E-state index in [4.69, 9.17) is 9.47 Å². The molecule has 0 spiro atoms. The molecule has 0 radical (unpaired) electrons. The number of thiazole rings is 1. The summed E-state index contributed by atoms with van der Waals surface area (Å²) in [7, 11) is 0. The molecule has 26 heavy (non-hydrogen) atoms. The minimum atomic E-state index is -0.383. The van der Waals surface area contributed by atoms with Crippen LogP contribution in [0.15, 0.2) is 54.7 Å². The number of ether oxygens (including phenoxy) is 2. The largest absolute Gasteiger partial charge is 0.490 e. The van der Waals surface area contributed by atoms with Crippen molar-refractivity contribution in [1.82, 2.24) is 4.98 Å². The van der Waals surface area contributed by atoms with Crippen molar-refractivity contribution in [1.29, 1.82) is 0 Å². The summed E-state index contributed by atoms with van der Waals surface area (Å²) in [5, 5.41) is 3.60. The van der Waals surface area contributed by atoms with Crippen LogP contribution in [0.5, 0.6) is 16.6 Å². The van der Waals surface area contributed by atoms with Crippen LogP contribution in [-0.2, 0) is 0 Å². The van der Waals surface area contributed by atoms with E-state index in [2.05, 4.69) is 10.3 Å². The molecule has 3 aromatic rings. The molecular formula is C18H14FN3O3S. The molecule has 0 fully saturated rings. The number of hydrogen-bond acceptors (Lipinski definition) is 5. The highest BCUT2D eigenvalue weighted by molar-refractivity contribution is 7.17.